The van der Waals surface area contributed by atoms with Crippen molar-refractivity contribution in [2.45, 2.75) is 39.0 Å². The molecule has 0 spiro atoms. The molecule has 2 aliphatic carbocycles. The van der Waals surface area contributed by atoms with Gasteiger partial charge in [-0.15, -0.1) is 0 Å². The Kier molecular flexibility index (Phi) is 5.39. The number of ether oxygens (including phenoxy) is 1. The highest BCUT2D eigenvalue weighted by molar-refractivity contribution is 6.06. The van der Waals surface area contributed by atoms with Crippen LogP contribution in [0.4, 0.5) is 5.69 Å². The first-order valence-electron chi connectivity index (χ1n) is 10.4. The first kappa shape index (κ1) is 19.6. The van der Waals surface area contributed by atoms with Crippen molar-refractivity contribution in [2.75, 3.05) is 18.5 Å². The van der Waals surface area contributed by atoms with Crippen molar-refractivity contribution in [3.05, 3.63) is 29.8 Å². The smallest absolute Gasteiger partial charge is 0.308 e. The third-order valence-corrected chi connectivity index (χ3v) is 6.59. The molecule has 7 nitrogen and oxygen atoms in total. The minimum Gasteiger partial charge on any atom is -0.456 e. The number of imide groups is 1. The standard InChI is InChI=1S/C22H26N2O5/c1-2-13-5-3-4-6-16(13)23-17(25)12-29-18(26)9-10-24-21(27)19-14-7-8-15(11-14)20(19)22(24)28/h3-6,14-15,19-20H,2,7-12H2,1H3,(H,23,25)/t14-,15-,19-,20+/m0/s1. The number of amides is 3. The van der Waals surface area contributed by atoms with Crippen LogP contribution in [-0.2, 0) is 30.3 Å². The highest BCUT2D eigenvalue weighted by Gasteiger charge is 2.60. The Morgan fingerprint density at radius 2 is 1.76 bits per heavy atom. The summed E-state index contributed by atoms with van der Waals surface area (Å²) in [6, 6.07) is 7.45. The molecule has 0 unspecified atom stereocenters. The summed E-state index contributed by atoms with van der Waals surface area (Å²) in [7, 11) is 0. The monoisotopic (exact) mass is 398 g/mol. The van der Waals surface area contributed by atoms with Gasteiger partial charge in [-0.1, -0.05) is 25.1 Å². The summed E-state index contributed by atoms with van der Waals surface area (Å²) in [5.74, 6) is -0.976. The van der Waals surface area contributed by atoms with E-state index in [2.05, 4.69) is 5.32 Å². The Bertz CT molecular complexity index is 823. The fourth-order valence-electron chi connectivity index (χ4n) is 5.25. The van der Waals surface area contributed by atoms with Gasteiger partial charge in [0.15, 0.2) is 6.61 Å². The molecule has 3 fully saturated rings. The van der Waals surface area contributed by atoms with Crippen molar-refractivity contribution < 1.29 is 23.9 Å². The SMILES string of the molecule is CCc1ccccc1NC(=O)COC(=O)CCN1C(=O)[C@@H]2[C@H]3CC[C@@H](C3)[C@@H]2C1=O. The zero-order valence-corrected chi connectivity index (χ0v) is 16.6. The molecule has 29 heavy (non-hydrogen) atoms. The molecule has 2 bridgehead atoms. The third kappa shape index (κ3) is 3.66. The molecule has 2 saturated carbocycles. The molecule has 4 atom stereocenters. The average Bonchev–Trinajstić information content (AvgIpc) is 3.40. The summed E-state index contributed by atoms with van der Waals surface area (Å²) in [6.07, 6.45) is 3.72. The minimum absolute atomic E-state index is 0.0310. The molecule has 7 heteroatoms. The number of aryl methyl sites for hydroxylation is 1. The molecule has 0 aromatic heterocycles. The van der Waals surface area contributed by atoms with Gasteiger partial charge in [-0.2, -0.15) is 0 Å². The van der Waals surface area contributed by atoms with Gasteiger partial charge in [-0.25, -0.2) is 0 Å². The molecule has 1 aliphatic heterocycles. The third-order valence-electron chi connectivity index (χ3n) is 6.59. The van der Waals surface area contributed by atoms with Gasteiger partial charge >= 0.3 is 5.97 Å². The second-order valence-corrected chi connectivity index (χ2v) is 8.18. The predicted octanol–water partition coefficient (Wildman–Crippen LogP) is 2.15. The Morgan fingerprint density at radius 3 is 2.41 bits per heavy atom. The highest BCUT2D eigenvalue weighted by atomic mass is 16.5. The van der Waals surface area contributed by atoms with Gasteiger partial charge in [0.25, 0.3) is 5.91 Å². The van der Waals surface area contributed by atoms with Crippen LogP contribution in [0.25, 0.3) is 0 Å². The normalized spacial score (nSPS) is 27.3. The van der Waals surface area contributed by atoms with Crippen LogP contribution in [0.3, 0.4) is 0 Å². The van der Waals surface area contributed by atoms with Gasteiger partial charge in [0.1, 0.15) is 0 Å². The van der Waals surface area contributed by atoms with Gasteiger partial charge in [-0.3, -0.25) is 24.1 Å². The van der Waals surface area contributed by atoms with Crippen LogP contribution in [0, 0.1) is 23.7 Å². The van der Waals surface area contributed by atoms with Crippen LogP contribution in [0.5, 0.6) is 0 Å². The van der Waals surface area contributed by atoms with Gasteiger partial charge < -0.3 is 10.1 Å². The quantitative estimate of drug-likeness (QED) is 0.561. The van der Waals surface area contributed by atoms with E-state index in [1.807, 2.05) is 25.1 Å². The minimum atomic E-state index is -0.593. The average molecular weight is 398 g/mol. The van der Waals surface area contributed by atoms with Gasteiger partial charge in [-0.05, 0) is 49.1 Å². The second kappa shape index (κ2) is 7.97. The number of anilines is 1. The number of nitrogens with one attached hydrogen (secondary N) is 1. The lowest BCUT2D eigenvalue weighted by Gasteiger charge is -2.19. The van der Waals surface area contributed by atoms with Crippen molar-refractivity contribution in [1.29, 1.82) is 0 Å². The number of nitrogens with zero attached hydrogens (tertiary/aromatic N) is 1. The molecule has 0 radical (unpaired) electrons. The number of hydrogen-bond donors (Lipinski definition) is 1. The number of rotatable bonds is 7. The fraction of sp³-hybridized carbons (Fsp3) is 0.545. The predicted molar refractivity (Wildman–Crippen MR) is 105 cm³/mol. The summed E-state index contributed by atoms with van der Waals surface area (Å²) >= 11 is 0. The largest absolute Gasteiger partial charge is 0.456 e. The van der Waals surface area contributed by atoms with E-state index < -0.39 is 18.5 Å². The van der Waals surface area contributed by atoms with E-state index in [0.29, 0.717) is 17.5 Å². The van der Waals surface area contributed by atoms with Crippen molar-refractivity contribution >= 4 is 29.4 Å². The fourth-order valence-corrected chi connectivity index (χ4v) is 5.25. The Hall–Kier alpha value is -2.70. The Balaban J connectivity index is 1.24. The number of benzene rings is 1. The lowest BCUT2D eigenvalue weighted by molar-refractivity contribution is -0.149. The van der Waals surface area contributed by atoms with Crippen molar-refractivity contribution in [2.24, 2.45) is 23.7 Å². The summed E-state index contributed by atoms with van der Waals surface area (Å²) in [6.45, 7) is 1.63. The number of likely N-dealkylation sites (tertiary alicyclic amines) is 1. The number of esters is 1. The molecule has 3 aliphatic rings. The molecule has 1 heterocycles. The Labute approximate surface area is 169 Å². The lowest BCUT2D eigenvalue weighted by Crippen LogP contribution is -2.35. The van der Waals surface area contributed by atoms with E-state index in [0.717, 1.165) is 31.2 Å². The summed E-state index contributed by atoms with van der Waals surface area (Å²) in [4.78, 5) is 50.6. The van der Waals surface area contributed by atoms with E-state index in [1.165, 1.54) is 4.90 Å². The summed E-state index contributed by atoms with van der Waals surface area (Å²) in [5, 5.41) is 2.74. The topological polar surface area (TPSA) is 92.8 Å². The number of fused-ring (bicyclic) bond motifs is 5. The molecule has 3 amide bonds. The van der Waals surface area contributed by atoms with Crippen LogP contribution in [-0.4, -0.2) is 41.7 Å². The van der Waals surface area contributed by atoms with Crippen LogP contribution >= 0.6 is 0 Å². The number of para-hydroxylation sites is 1. The zero-order chi connectivity index (χ0) is 20.5. The molecule has 1 saturated heterocycles. The number of hydrogen-bond acceptors (Lipinski definition) is 5. The van der Waals surface area contributed by atoms with Gasteiger partial charge in [0.2, 0.25) is 11.8 Å². The van der Waals surface area contributed by atoms with Crippen LogP contribution in [0.15, 0.2) is 24.3 Å². The van der Waals surface area contributed by atoms with Crippen molar-refractivity contribution in [3.63, 3.8) is 0 Å². The molecular weight excluding hydrogens is 372 g/mol. The van der Waals surface area contributed by atoms with E-state index in [-0.39, 0.29) is 36.6 Å². The highest BCUT2D eigenvalue weighted by Crippen LogP contribution is 2.56. The van der Waals surface area contributed by atoms with Crippen LogP contribution in [0.1, 0.15) is 38.2 Å². The van der Waals surface area contributed by atoms with E-state index in [4.69, 9.17) is 4.74 Å². The first-order chi connectivity index (χ1) is 14.0. The number of carbonyl (C=O) groups excluding carboxylic acids is 4. The number of carbonyl (C=O) groups is 4. The van der Waals surface area contributed by atoms with Crippen molar-refractivity contribution in [3.8, 4) is 0 Å². The van der Waals surface area contributed by atoms with E-state index >= 15 is 0 Å². The van der Waals surface area contributed by atoms with E-state index in [9.17, 15) is 19.2 Å². The lowest BCUT2D eigenvalue weighted by atomic mass is 9.81. The molecule has 1 aromatic rings. The van der Waals surface area contributed by atoms with Crippen LogP contribution in [0.2, 0.25) is 0 Å². The molecule has 1 aromatic carbocycles. The maximum atomic E-state index is 12.6. The summed E-state index contributed by atoms with van der Waals surface area (Å²) in [5.41, 5.74) is 1.70. The Morgan fingerprint density at radius 1 is 1.10 bits per heavy atom. The molecule has 154 valence electrons. The molecule has 1 N–H and O–H groups in total. The zero-order valence-electron chi connectivity index (χ0n) is 16.6. The van der Waals surface area contributed by atoms with Crippen molar-refractivity contribution in [1.82, 2.24) is 4.90 Å². The first-order valence-corrected chi connectivity index (χ1v) is 10.4. The maximum Gasteiger partial charge on any atom is 0.308 e. The van der Waals surface area contributed by atoms with E-state index in [1.54, 1.807) is 6.07 Å². The second-order valence-electron chi connectivity index (χ2n) is 8.18. The van der Waals surface area contributed by atoms with Crippen LogP contribution < -0.4 is 5.32 Å². The molecular formula is C22H26N2O5. The van der Waals surface area contributed by atoms with Gasteiger partial charge in [0.05, 0.1) is 18.3 Å². The maximum absolute atomic E-state index is 12.6. The molecule has 4 rings (SSSR count). The summed E-state index contributed by atoms with van der Waals surface area (Å²) < 4.78 is 5.03. The van der Waals surface area contributed by atoms with Gasteiger partial charge in [0, 0.05) is 12.2 Å².